The zero-order chi connectivity index (χ0) is 13.1. The van der Waals surface area contributed by atoms with Crippen LogP contribution >= 0.6 is 27.3 Å². The molecule has 0 fully saturated rings. The first kappa shape index (κ1) is 13.0. The number of carbonyl (C=O) groups excluding carboxylic acids is 1. The molecular formula is C11H11BrN4OS. The van der Waals surface area contributed by atoms with E-state index < -0.39 is 0 Å². The van der Waals surface area contributed by atoms with Crippen molar-refractivity contribution in [3.8, 4) is 0 Å². The van der Waals surface area contributed by atoms with E-state index in [0.717, 1.165) is 11.4 Å². The lowest BCUT2D eigenvalue weighted by atomic mass is 10.2. The van der Waals surface area contributed by atoms with E-state index in [2.05, 4.69) is 31.4 Å². The highest BCUT2D eigenvalue weighted by molar-refractivity contribution is 9.10. The second-order valence-corrected chi connectivity index (χ2v) is 5.46. The summed E-state index contributed by atoms with van der Waals surface area (Å²) in [5.74, 6) is -0.257. The van der Waals surface area contributed by atoms with Gasteiger partial charge in [0.2, 0.25) is 5.13 Å². The van der Waals surface area contributed by atoms with Gasteiger partial charge in [0.15, 0.2) is 0 Å². The third-order valence-corrected chi connectivity index (χ3v) is 3.90. The van der Waals surface area contributed by atoms with E-state index in [1.807, 2.05) is 6.92 Å². The van der Waals surface area contributed by atoms with Gasteiger partial charge in [-0.25, -0.2) is 0 Å². The molecule has 0 atom stereocenters. The number of carbonyl (C=O) groups is 1. The molecule has 5 nitrogen and oxygen atoms in total. The molecule has 2 rings (SSSR count). The Labute approximate surface area is 117 Å². The molecule has 1 aromatic heterocycles. The summed E-state index contributed by atoms with van der Waals surface area (Å²) in [4.78, 5) is 12.0. The minimum absolute atomic E-state index is 0.257. The fraction of sp³-hybridized carbons (Fsp3) is 0.182. The smallest absolute Gasteiger partial charge is 0.258 e. The van der Waals surface area contributed by atoms with Crippen molar-refractivity contribution in [3.05, 3.63) is 33.2 Å². The van der Waals surface area contributed by atoms with Crippen molar-refractivity contribution in [2.45, 2.75) is 13.3 Å². The van der Waals surface area contributed by atoms with Crippen molar-refractivity contribution in [3.63, 3.8) is 0 Å². The third kappa shape index (κ3) is 2.85. The number of nitrogens with zero attached hydrogens (tertiary/aromatic N) is 2. The Balaban J connectivity index is 2.19. The maximum absolute atomic E-state index is 12.0. The largest absolute Gasteiger partial charge is 0.399 e. The summed E-state index contributed by atoms with van der Waals surface area (Å²) in [5, 5.41) is 11.9. The molecule has 0 saturated heterocycles. The van der Waals surface area contributed by atoms with Crippen LogP contribution in [0.2, 0.25) is 0 Å². The average molecular weight is 327 g/mol. The fourth-order valence-corrected chi connectivity index (χ4v) is 2.43. The van der Waals surface area contributed by atoms with Gasteiger partial charge in [0.1, 0.15) is 5.01 Å². The number of aryl methyl sites for hydroxylation is 1. The van der Waals surface area contributed by atoms with Gasteiger partial charge in [-0.05, 0) is 40.5 Å². The van der Waals surface area contributed by atoms with Gasteiger partial charge in [0.25, 0.3) is 5.91 Å². The lowest BCUT2D eigenvalue weighted by Gasteiger charge is -2.04. The molecule has 0 aliphatic rings. The first-order valence-electron chi connectivity index (χ1n) is 5.29. The maximum Gasteiger partial charge on any atom is 0.258 e. The lowest BCUT2D eigenvalue weighted by Crippen LogP contribution is -2.12. The zero-order valence-electron chi connectivity index (χ0n) is 9.61. The first-order valence-corrected chi connectivity index (χ1v) is 6.90. The van der Waals surface area contributed by atoms with Gasteiger partial charge in [-0.1, -0.05) is 18.3 Å². The molecule has 0 aliphatic carbocycles. The van der Waals surface area contributed by atoms with Crippen LogP contribution in [-0.4, -0.2) is 16.1 Å². The average Bonchev–Trinajstić information content (AvgIpc) is 2.80. The molecule has 1 aromatic carbocycles. The molecule has 0 radical (unpaired) electrons. The molecule has 0 bridgehead atoms. The number of halogens is 1. The van der Waals surface area contributed by atoms with Crippen LogP contribution in [0.4, 0.5) is 10.8 Å². The second kappa shape index (κ2) is 5.45. The molecule has 3 N–H and O–H groups in total. The molecular weight excluding hydrogens is 316 g/mol. The zero-order valence-corrected chi connectivity index (χ0v) is 12.0. The highest BCUT2D eigenvalue weighted by Crippen LogP contribution is 2.22. The number of benzene rings is 1. The summed E-state index contributed by atoms with van der Waals surface area (Å²) in [6.45, 7) is 1.99. The van der Waals surface area contributed by atoms with E-state index in [0.29, 0.717) is 20.9 Å². The van der Waals surface area contributed by atoms with Crippen LogP contribution in [0.1, 0.15) is 22.3 Å². The van der Waals surface area contributed by atoms with Gasteiger partial charge >= 0.3 is 0 Å². The Kier molecular flexibility index (Phi) is 3.93. The maximum atomic E-state index is 12.0. The molecule has 1 amide bonds. The van der Waals surface area contributed by atoms with E-state index in [9.17, 15) is 4.79 Å². The quantitative estimate of drug-likeness (QED) is 0.850. The standard InChI is InChI=1S/C11H11BrN4OS/c1-2-9-15-16-11(18-9)14-10(17)7-5-6(13)3-4-8(7)12/h3-5H,2,13H2,1H3,(H,14,16,17). The van der Waals surface area contributed by atoms with Gasteiger partial charge in [0, 0.05) is 10.2 Å². The molecule has 2 aromatic rings. The molecule has 94 valence electrons. The van der Waals surface area contributed by atoms with Gasteiger partial charge in [-0.3, -0.25) is 10.1 Å². The second-order valence-electron chi connectivity index (χ2n) is 3.55. The van der Waals surface area contributed by atoms with Crippen molar-refractivity contribution in [1.29, 1.82) is 0 Å². The summed E-state index contributed by atoms with van der Waals surface area (Å²) in [7, 11) is 0. The van der Waals surface area contributed by atoms with Gasteiger partial charge in [-0.15, -0.1) is 10.2 Å². The molecule has 0 unspecified atom stereocenters. The van der Waals surface area contributed by atoms with E-state index in [4.69, 9.17) is 5.73 Å². The summed E-state index contributed by atoms with van der Waals surface area (Å²) >= 11 is 4.68. The van der Waals surface area contributed by atoms with Crippen LogP contribution < -0.4 is 11.1 Å². The van der Waals surface area contributed by atoms with Crippen LogP contribution in [0.15, 0.2) is 22.7 Å². The Bertz CT molecular complexity index is 584. The number of anilines is 2. The topological polar surface area (TPSA) is 80.9 Å². The number of hydrogen-bond donors (Lipinski definition) is 2. The fourth-order valence-electron chi connectivity index (χ4n) is 1.33. The number of nitrogens with one attached hydrogen (secondary N) is 1. The lowest BCUT2D eigenvalue weighted by molar-refractivity contribution is 0.102. The number of aromatic nitrogens is 2. The Morgan fingerprint density at radius 3 is 2.94 bits per heavy atom. The Hall–Kier alpha value is -1.47. The monoisotopic (exact) mass is 326 g/mol. The summed E-state index contributed by atoms with van der Waals surface area (Å²) in [5.41, 5.74) is 6.67. The van der Waals surface area contributed by atoms with Crippen LogP contribution in [0.3, 0.4) is 0 Å². The summed E-state index contributed by atoms with van der Waals surface area (Å²) in [6.07, 6.45) is 0.801. The van der Waals surface area contributed by atoms with Crippen molar-refractivity contribution >= 4 is 44.0 Å². The molecule has 0 spiro atoms. The van der Waals surface area contributed by atoms with Crippen molar-refractivity contribution in [2.75, 3.05) is 11.1 Å². The highest BCUT2D eigenvalue weighted by atomic mass is 79.9. The number of amides is 1. The predicted octanol–water partition coefficient (Wildman–Crippen LogP) is 2.70. The number of rotatable bonds is 3. The first-order chi connectivity index (χ1) is 8.60. The highest BCUT2D eigenvalue weighted by Gasteiger charge is 2.13. The summed E-state index contributed by atoms with van der Waals surface area (Å²) in [6, 6.07) is 5.07. The molecule has 1 heterocycles. The van der Waals surface area contributed by atoms with Crippen molar-refractivity contribution in [2.24, 2.45) is 0 Å². The summed E-state index contributed by atoms with van der Waals surface area (Å²) < 4.78 is 0.689. The van der Waals surface area contributed by atoms with Gasteiger partial charge < -0.3 is 5.73 Å². The normalized spacial score (nSPS) is 10.3. The van der Waals surface area contributed by atoms with Crippen molar-refractivity contribution in [1.82, 2.24) is 10.2 Å². The van der Waals surface area contributed by atoms with E-state index in [-0.39, 0.29) is 5.91 Å². The van der Waals surface area contributed by atoms with Gasteiger partial charge in [-0.2, -0.15) is 0 Å². The minimum atomic E-state index is -0.257. The van der Waals surface area contributed by atoms with Crippen LogP contribution in [-0.2, 0) is 6.42 Å². The van der Waals surface area contributed by atoms with Crippen LogP contribution in [0, 0.1) is 0 Å². The van der Waals surface area contributed by atoms with E-state index in [1.165, 1.54) is 11.3 Å². The van der Waals surface area contributed by atoms with Crippen molar-refractivity contribution < 1.29 is 4.79 Å². The Morgan fingerprint density at radius 1 is 1.50 bits per heavy atom. The molecule has 18 heavy (non-hydrogen) atoms. The Morgan fingerprint density at radius 2 is 2.28 bits per heavy atom. The SMILES string of the molecule is CCc1nnc(NC(=O)c2cc(N)ccc2Br)s1. The van der Waals surface area contributed by atoms with E-state index in [1.54, 1.807) is 18.2 Å². The number of nitrogens with two attached hydrogens (primary N) is 1. The predicted molar refractivity (Wildman–Crippen MR) is 75.8 cm³/mol. The van der Waals surface area contributed by atoms with Gasteiger partial charge in [0.05, 0.1) is 5.56 Å². The number of hydrogen-bond acceptors (Lipinski definition) is 5. The van der Waals surface area contributed by atoms with Crippen LogP contribution in [0.25, 0.3) is 0 Å². The number of nitrogen functional groups attached to an aromatic ring is 1. The molecule has 0 saturated carbocycles. The molecule has 7 heteroatoms. The van der Waals surface area contributed by atoms with E-state index >= 15 is 0 Å². The third-order valence-electron chi connectivity index (χ3n) is 2.22. The molecule has 0 aliphatic heterocycles. The van der Waals surface area contributed by atoms with Crippen LogP contribution in [0.5, 0.6) is 0 Å². The minimum Gasteiger partial charge on any atom is -0.399 e.